The zero-order valence-corrected chi connectivity index (χ0v) is 24.1. The third-order valence-electron chi connectivity index (χ3n) is 6.79. The van der Waals surface area contributed by atoms with E-state index in [1.165, 1.54) is 0 Å². The van der Waals surface area contributed by atoms with Crippen LogP contribution in [0.15, 0.2) is 0 Å². The maximum absolute atomic E-state index is 6.56. The molecule has 30 heavy (non-hydrogen) atoms. The SMILES string of the molecule is CC(C)[Si](OC#CCCC#CCCO[Si](C(C)C)(C(C)C)C(C)C)(C(C)C)C(C)C. The molecule has 0 saturated carbocycles. The fourth-order valence-electron chi connectivity index (χ4n) is 5.61. The molecule has 0 aliphatic heterocycles. The van der Waals surface area contributed by atoms with Gasteiger partial charge in [-0.25, -0.2) is 0 Å². The molecule has 0 saturated heterocycles. The quantitative estimate of drug-likeness (QED) is 0.178. The van der Waals surface area contributed by atoms with Crippen molar-refractivity contribution in [1.82, 2.24) is 0 Å². The van der Waals surface area contributed by atoms with Crippen LogP contribution in [0.25, 0.3) is 0 Å². The second-order valence-corrected chi connectivity index (χ2v) is 21.3. The second kappa shape index (κ2) is 13.7. The maximum atomic E-state index is 6.56. The Kier molecular flexibility index (Phi) is 13.4. The number of hydrogen-bond acceptors (Lipinski definition) is 2. The lowest BCUT2D eigenvalue weighted by atomic mass is 10.3. The second-order valence-electron chi connectivity index (χ2n) is 10.5. The predicted molar refractivity (Wildman–Crippen MR) is 139 cm³/mol. The van der Waals surface area contributed by atoms with Crippen LogP contribution in [0.5, 0.6) is 0 Å². The van der Waals surface area contributed by atoms with Gasteiger partial charge in [-0.05, 0) is 33.2 Å². The van der Waals surface area contributed by atoms with E-state index in [1.54, 1.807) is 0 Å². The summed E-state index contributed by atoms with van der Waals surface area (Å²) in [5.74, 6) is 9.75. The third-order valence-corrected chi connectivity index (χ3v) is 18.8. The van der Waals surface area contributed by atoms with Gasteiger partial charge < -0.3 is 8.85 Å². The summed E-state index contributed by atoms with van der Waals surface area (Å²) < 4.78 is 12.8. The first-order valence-electron chi connectivity index (χ1n) is 12.1. The van der Waals surface area contributed by atoms with Gasteiger partial charge in [-0.1, -0.05) is 89.0 Å². The van der Waals surface area contributed by atoms with E-state index in [0.29, 0.717) is 33.2 Å². The van der Waals surface area contributed by atoms with Gasteiger partial charge >= 0.3 is 0 Å². The average Bonchev–Trinajstić information content (AvgIpc) is 2.60. The minimum absolute atomic E-state index is 0.560. The zero-order chi connectivity index (χ0) is 23.5. The Bertz CT molecular complexity index is 554. The van der Waals surface area contributed by atoms with E-state index >= 15 is 0 Å². The molecule has 2 nitrogen and oxygen atoms in total. The summed E-state index contributed by atoms with van der Waals surface area (Å²) in [5.41, 5.74) is 3.55. The lowest BCUT2D eigenvalue weighted by molar-refractivity contribution is 0.285. The number of unbranched alkanes of at least 4 members (excludes halogenated alkanes) is 1. The summed E-state index contributed by atoms with van der Waals surface area (Å²) in [6.45, 7) is 28.5. The molecule has 0 bridgehead atoms. The van der Waals surface area contributed by atoms with Crippen molar-refractivity contribution in [2.75, 3.05) is 6.61 Å². The van der Waals surface area contributed by atoms with Gasteiger partial charge in [-0.3, -0.25) is 0 Å². The molecule has 0 rings (SSSR count). The van der Waals surface area contributed by atoms with Crippen molar-refractivity contribution in [2.45, 2.75) is 136 Å². The van der Waals surface area contributed by atoms with E-state index in [0.717, 1.165) is 25.9 Å². The highest BCUT2D eigenvalue weighted by Gasteiger charge is 2.47. The summed E-state index contributed by atoms with van der Waals surface area (Å²) in [7, 11) is -3.64. The monoisotopic (exact) mass is 450 g/mol. The van der Waals surface area contributed by atoms with Gasteiger partial charge in [-0.15, -0.1) is 11.8 Å². The molecule has 0 aliphatic rings. The Morgan fingerprint density at radius 2 is 0.867 bits per heavy atom. The van der Waals surface area contributed by atoms with Crippen LogP contribution in [-0.4, -0.2) is 23.2 Å². The van der Waals surface area contributed by atoms with Crippen LogP contribution in [-0.2, 0) is 8.85 Å². The average molecular weight is 451 g/mol. The third kappa shape index (κ3) is 7.47. The van der Waals surface area contributed by atoms with Gasteiger partial charge in [0.15, 0.2) is 8.32 Å². The lowest BCUT2D eigenvalue weighted by Crippen LogP contribution is -2.47. The first-order valence-corrected chi connectivity index (χ1v) is 16.4. The molecule has 0 unspecified atom stereocenters. The molecule has 0 radical (unpaired) electrons. The molecule has 0 atom stereocenters. The summed E-state index contributed by atoms with van der Waals surface area (Å²) in [6, 6.07) is 0. The predicted octanol–water partition coefficient (Wildman–Crippen LogP) is 8.51. The highest BCUT2D eigenvalue weighted by molar-refractivity contribution is 6.78. The minimum atomic E-state index is -1.88. The van der Waals surface area contributed by atoms with Crippen LogP contribution in [0.1, 0.15) is 102 Å². The largest absolute Gasteiger partial charge is 0.500 e. The van der Waals surface area contributed by atoms with Gasteiger partial charge in [0, 0.05) is 25.9 Å². The highest BCUT2D eigenvalue weighted by Crippen LogP contribution is 2.43. The Balaban J connectivity index is 4.62. The van der Waals surface area contributed by atoms with E-state index < -0.39 is 16.6 Å². The van der Waals surface area contributed by atoms with Crippen molar-refractivity contribution in [3.63, 3.8) is 0 Å². The molecule has 0 aliphatic carbocycles. The van der Waals surface area contributed by atoms with Crippen molar-refractivity contribution >= 4 is 16.6 Å². The molecule has 0 aromatic rings. The van der Waals surface area contributed by atoms with E-state index in [9.17, 15) is 0 Å². The topological polar surface area (TPSA) is 18.5 Å². The fourth-order valence-corrected chi connectivity index (χ4v) is 16.0. The highest BCUT2D eigenvalue weighted by atomic mass is 28.4. The van der Waals surface area contributed by atoms with Crippen LogP contribution in [0.3, 0.4) is 0 Å². The summed E-state index contributed by atoms with van der Waals surface area (Å²) >= 11 is 0. The van der Waals surface area contributed by atoms with Gasteiger partial charge in [0.05, 0.1) is 6.11 Å². The molecule has 0 fully saturated rings. The molecule has 0 heterocycles. The first-order chi connectivity index (χ1) is 13.9. The zero-order valence-electron chi connectivity index (χ0n) is 22.1. The molecule has 0 aromatic heterocycles. The molecule has 0 spiro atoms. The molecular weight excluding hydrogens is 400 g/mol. The van der Waals surface area contributed by atoms with Crippen molar-refractivity contribution in [3.05, 3.63) is 0 Å². The van der Waals surface area contributed by atoms with Crippen molar-refractivity contribution in [1.29, 1.82) is 0 Å². The molecule has 4 heteroatoms. The molecular formula is C26H50O2Si2. The van der Waals surface area contributed by atoms with Gasteiger partial charge in [0.1, 0.15) is 0 Å². The summed E-state index contributed by atoms with van der Waals surface area (Å²) in [4.78, 5) is 0. The van der Waals surface area contributed by atoms with Gasteiger partial charge in [0.2, 0.25) is 0 Å². The Morgan fingerprint density at radius 1 is 0.500 bits per heavy atom. The van der Waals surface area contributed by atoms with Crippen LogP contribution in [0, 0.1) is 23.9 Å². The van der Waals surface area contributed by atoms with E-state index in [4.69, 9.17) is 8.85 Å². The molecule has 0 aromatic carbocycles. The van der Waals surface area contributed by atoms with E-state index in [-0.39, 0.29) is 0 Å². The Labute approximate surface area is 191 Å². The van der Waals surface area contributed by atoms with Gasteiger partial charge in [-0.2, -0.15) is 0 Å². The van der Waals surface area contributed by atoms with Crippen LogP contribution >= 0.6 is 0 Å². The van der Waals surface area contributed by atoms with Gasteiger partial charge in [0.25, 0.3) is 8.32 Å². The minimum Gasteiger partial charge on any atom is -0.500 e. The van der Waals surface area contributed by atoms with Crippen molar-refractivity contribution in [2.24, 2.45) is 0 Å². The fraction of sp³-hybridized carbons (Fsp3) is 0.846. The lowest BCUT2D eigenvalue weighted by Gasteiger charge is -2.42. The van der Waals surface area contributed by atoms with Crippen LogP contribution in [0.2, 0.25) is 33.2 Å². The normalized spacial score (nSPS) is 12.6. The molecule has 0 N–H and O–H groups in total. The van der Waals surface area contributed by atoms with Crippen LogP contribution in [0.4, 0.5) is 0 Å². The maximum Gasteiger partial charge on any atom is 0.272 e. The standard InChI is InChI=1S/C26H50O2Si2/c1-21(2)29(22(3)4,23(5)6)27-19-17-15-13-14-16-18-20-28-30(24(7)8,25(9)10)26(11)12/h21-26H,13,15,18,20H2,1-12H3. The smallest absolute Gasteiger partial charge is 0.272 e. The van der Waals surface area contributed by atoms with Crippen molar-refractivity contribution in [3.8, 4) is 23.9 Å². The summed E-state index contributed by atoms with van der Waals surface area (Å²) in [5, 5.41) is 0. The number of rotatable bonds is 11. The number of hydrogen-bond donors (Lipinski definition) is 0. The summed E-state index contributed by atoms with van der Waals surface area (Å²) in [6.07, 6.45) is 5.44. The van der Waals surface area contributed by atoms with E-state index in [1.807, 2.05) is 0 Å². The van der Waals surface area contributed by atoms with Crippen LogP contribution < -0.4 is 0 Å². The Hall–Kier alpha value is -0.686. The Morgan fingerprint density at radius 3 is 1.27 bits per heavy atom. The first kappa shape index (κ1) is 29.3. The molecule has 174 valence electrons. The van der Waals surface area contributed by atoms with Crippen molar-refractivity contribution < 1.29 is 8.85 Å². The molecule has 0 amide bonds. The van der Waals surface area contributed by atoms with E-state index in [2.05, 4.69) is 107 Å².